The molecule has 0 atom stereocenters. The number of para-hydroxylation sites is 1. The Bertz CT molecular complexity index is 596. The summed E-state index contributed by atoms with van der Waals surface area (Å²) in [7, 11) is 1.64. The van der Waals surface area contributed by atoms with Crippen LogP contribution in [0.1, 0.15) is 16.7 Å². The van der Waals surface area contributed by atoms with Crippen molar-refractivity contribution in [3.05, 3.63) is 57.6 Å². The normalized spacial score (nSPS) is 10.4. The number of halogens is 1. The van der Waals surface area contributed by atoms with Crippen LogP contribution in [0, 0.1) is 6.92 Å². The van der Waals surface area contributed by atoms with E-state index in [1.54, 1.807) is 7.11 Å². The van der Waals surface area contributed by atoms with Gasteiger partial charge in [0.15, 0.2) is 0 Å². The SMILES string of the molecule is COc1ccc(C)cc1COc1c(Br)cccc1CO. The first-order chi connectivity index (χ1) is 9.65. The first-order valence-corrected chi connectivity index (χ1v) is 7.09. The highest BCUT2D eigenvalue weighted by Crippen LogP contribution is 2.31. The molecule has 0 heterocycles. The van der Waals surface area contributed by atoms with Crippen molar-refractivity contribution in [3.63, 3.8) is 0 Å². The zero-order valence-corrected chi connectivity index (χ0v) is 13.1. The molecule has 0 aromatic heterocycles. The summed E-state index contributed by atoms with van der Waals surface area (Å²) in [4.78, 5) is 0. The van der Waals surface area contributed by atoms with Gasteiger partial charge in [-0.2, -0.15) is 0 Å². The number of methoxy groups -OCH3 is 1. The van der Waals surface area contributed by atoms with E-state index < -0.39 is 0 Å². The highest BCUT2D eigenvalue weighted by Gasteiger charge is 2.10. The zero-order valence-electron chi connectivity index (χ0n) is 11.5. The van der Waals surface area contributed by atoms with E-state index in [0.717, 1.165) is 26.9 Å². The molecule has 0 aliphatic heterocycles. The van der Waals surface area contributed by atoms with Crippen molar-refractivity contribution < 1.29 is 14.6 Å². The van der Waals surface area contributed by atoms with Crippen molar-refractivity contribution in [2.24, 2.45) is 0 Å². The number of benzene rings is 2. The maximum atomic E-state index is 9.36. The number of aryl methyl sites for hydroxylation is 1. The van der Waals surface area contributed by atoms with Gasteiger partial charge in [0.05, 0.1) is 18.2 Å². The Kier molecular flexibility index (Phi) is 5.04. The first-order valence-electron chi connectivity index (χ1n) is 6.30. The Hall–Kier alpha value is -1.52. The van der Waals surface area contributed by atoms with E-state index in [4.69, 9.17) is 9.47 Å². The highest BCUT2D eigenvalue weighted by atomic mass is 79.9. The summed E-state index contributed by atoms with van der Waals surface area (Å²) < 4.78 is 12.0. The molecule has 2 rings (SSSR count). The number of ether oxygens (including phenoxy) is 2. The van der Waals surface area contributed by atoms with Gasteiger partial charge >= 0.3 is 0 Å². The Balaban J connectivity index is 2.23. The van der Waals surface area contributed by atoms with Crippen LogP contribution in [0.5, 0.6) is 11.5 Å². The van der Waals surface area contributed by atoms with Gasteiger partial charge in [-0.25, -0.2) is 0 Å². The molecule has 0 aliphatic rings. The quantitative estimate of drug-likeness (QED) is 0.901. The molecule has 0 unspecified atom stereocenters. The lowest BCUT2D eigenvalue weighted by atomic mass is 10.1. The number of aliphatic hydroxyl groups excluding tert-OH is 1. The van der Waals surface area contributed by atoms with Crippen LogP contribution in [0.2, 0.25) is 0 Å². The van der Waals surface area contributed by atoms with E-state index in [-0.39, 0.29) is 6.61 Å². The Morgan fingerprint density at radius 3 is 2.65 bits per heavy atom. The number of hydrogen-bond donors (Lipinski definition) is 1. The summed E-state index contributed by atoms with van der Waals surface area (Å²) in [5.41, 5.74) is 2.89. The van der Waals surface area contributed by atoms with Crippen LogP contribution in [0.25, 0.3) is 0 Å². The molecule has 0 aliphatic carbocycles. The standard InChI is InChI=1S/C16H17BrO3/c1-11-6-7-15(19-2)13(8-11)10-20-16-12(9-18)4-3-5-14(16)17/h3-8,18H,9-10H2,1-2H3. The molecule has 2 aromatic carbocycles. The lowest BCUT2D eigenvalue weighted by Crippen LogP contribution is -2.02. The van der Waals surface area contributed by atoms with E-state index >= 15 is 0 Å². The summed E-state index contributed by atoms with van der Waals surface area (Å²) in [5, 5.41) is 9.36. The molecule has 2 aromatic rings. The second-order valence-electron chi connectivity index (χ2n) is 4.49. The maximum Gasteiger partial charge on any atom is 0.139 e. The van der Waals surface area contributed by atoms with Crippen LogP contribution in [0.15, 0.2) is 40.9 Å². The molecule has 106 valence electrons. The van der Waals surface area contributed by atoms with Crippen LogP contribution >= 0.6 is 15.9 Å². The van der Waals surface area contributed by atoms with Crippen LogP contribution in [-0.4, -0.2) is 12.2 Å². The van der Waals surface area contributed by atoms with Crippen LogP contribution < -0.4 is 9.47 Å². The van der Waals surface area contributed by atoms with E-state index in [1.165, 1.54) is 0 Å². The van der Waals surface area contributed by atoms with Crippen molar-refractivity contribution in [2.45, 2.75) is 20.1 Å². The number of hydrogen-bond acceptors (Lipinski definition) is 3. The zero-order chi connectivity index (χ0) is 14.5. The van der Waals surface area contributed by atoms with Gasteiger partial charge in [-0.15, -0.1) is 0 Å². The fourth-order valence-electron chi connectivity index (χ4n) is 2.01. The molecule has 0 fully saturated rings. The molecule has 0 radical (unpaired) electrons. The minimum Gasteiger partial charge on any atom is -0.496 e. The lowest BCUT2D eigenvalue weighted by molar-refractivity contribution is 0.256. The van der Waals surface area contributed by atoms with Crippen molar-refractivity contribution in [1.82, 2.24) is 0 Å². The third-order valence-electron chi connectivity index (χ3n) is 3.03. The summed E-state index contributed by atoms with van der Waals surface area (Å²) in [6, 6.07) is 11.6. The smallest absolute Gasteiger partial charge is 0.139 e. The summed E-state index contributed by atoms with van der Waals surface area (Å²) in [6.07, 6.45) is 0. The Labute approximate surface area is 127 Å². The molecule has 20 heavy (non-hydrogen) atoms. The van der Waals surface area contributed by atoms with Gasteiger partial charge in [-0.1, -0.05) is 23.8 Å². The fraction of sp³-hybridized carbons (Fsp3) is 0.250. The van der Waals surface area contributed by atoms with Gasteiger partial charge in [0.25, 0.3) is 0 Å². The summed E-state index contributed by atoms with van der Waals surface area (Å²) >= 11 is 3.44. The minimum atomic E-state index is -0.0558. The average molecular weight is 337 g/mol. The number of rotatable bonds is 5. The molecule has 1 N–H and O–H groups in total. The van der Waals surface area contributed by atoms with Crippen molar-refractivity contribution >= 4 is 15.9 Å². The monoisotopic (exact) mass is 336 g/mol. The molecule has 0 spiro atoms. The van der Waals surface area contributed by atoms with Gasteiger partial charge in [-0.05, 0) is 41.1 Å². The Morgan fingerprint density at radius 2 is 1.95 bits per heavy atom. The van der Waals surface area contributed by atoms with Crippen LogP contribution in [0.3, 0.4) is 0 Å². The van der Waals surface area contributed by atoms with Gasteiger partial charge < -0.3 is 14.6 Å². The van der Waals surface area contributed by atoms with E-state index in [0.29, 0.717) is 12.4 Å². The van der Waals surface area contributed by atoms with E-state index in [1.807, 2.05) is 43.3 Å². The van der Waals surface area contributed by atoms with Gasteiger partial charge in [-0.3, -0.25) is 0 Å². The van der Waals surface area contributed by atoms with Crippen molar-refractivity contribution in [3.8, 4) is 11.5 Å². The molecule has 4 heteroatoms. The molecule has 3 nitrogen and oxygen atoms in total. The third kappa shape index (κ3) is 3.32. The van der Waals surface area contributed by atoms with Crippen LogP contribution in [-0.2, 0) is 13.2 Å². The lowest BCUT2D eigenvalue weighted by Gasteiger charge is -2.14. The summed E-state index contributed by atoms with van der Waals surface area (Å²) in [6.45, 7) is 2.36. The molecular formula is C16H17BrO3. The molecule has 0 bridgehead atoms. The summed E-state index contributed by atoms with van der Waals surface area (Å²) in [5.74, 6) is 1.46. The predicted octanol–water partition coefficient (Wildman–Crippen LogP) is 3.84. The molecule has 0 saturated carbocycles. The molecule has 0 saturated heterocycles. The average Bonchev–Trinajstić information content (AvgIpc) is 2.46. The van der Waals surface area contributed by atoms with Crippen molar-refractivity contribution in [1.29, 1.82) is 0 Å². The second-order valence-corrected chi connectivity index (χ2v) is 5.34. The van der Waals surface area contributed by atoms with E-state index in [2.05, 4.69) is 15.9 Å². The van der Waals surface area contributed by atoms with E-state index in [9.17, 15) is 5.11 Å². The van der Waals surface area contributed by atoms with Gasteiger partial charge in [0, 0.05) is 11.1 Å². The van der Waals surface area contributed by atoms with Crippen LogP contribution in [0.4, 0.5) is 0 Å². The predicted molar refractivity (Wildman–Crippen MR) is 82.1 cm³/mol. The fourth-order valence-corrected chi connectivity index (χ4v) is 2.53. The second kappa shape index (κ2) is 6.77. The Morgan fingerprint density at radius 1 is 1.15 bits per heavy atom. The maximum absolute atomic E-state index is 9.36. The van der Waals surface area contributed by atoms with Gasteiger partial charge in [0.2, 0.25) is 0 Å². The topological polar surface area (TPSA) is 38.7 Å². The minimum absolute atomic E-state index is 0.0558. The van der Waals surface area contributed by atoms with Gasteiger partial charge in [0.1, 0.15) is 18.1 Å². The van der Waals surface area contributed by atoms with Crippen molar-refractivity contribution in [2.75, 3.05) is 7.11 Å². The largest absolute Gasteiger partial charge is 0.496 e. The first kappa shape index (κ1) is 14.9. The highest BCUT2D eigenvalue weighted by molar-refractivity contribution is 9.10. The third-order valence-corrected chi connectivity index (χ3v) is 3.65. The number of aliphatic hydroxyl groups is 1. The molecule has 0 amide bonds. The molecular weight excluding hydrogens is 320 g/mol.